The summed E-state index contributed by atoms with van der Waals surface area (Å²) < 4.78 is 10.6. The van der Waals surface area contributed by atoms with Gasteiger partial charge in [0.2, 0.25) is 11.8 Å². The van der Waals surface area contributed by atoms with Gasteiger partial charge in [0.25, 0.3) is 0 Å². The Morgan fingerprint density at radius 3 is 2.52 bits per heavy atom. The summed E-state index contributed by atoms with van der Waals surface area (Å²) in [5.74, 6) is 0.340. The van der Waals surface area contributed by atoms with E-state index in [2.05, 4.69) is 15.6 Å². The number of likely N-dealkylation sites (tertiary alicyclic amines) is 1. The van der Waals surface area contributed by atoms with Crippen LogP contribution in [0.3, 0.4) is 0 Å². The third-order valence-corrected chi connectivity index (χ3v) is 6.04. The Morgan fingerprint density at radius 2 is 1.84 bits per heavy atom. The molecule has 0 saturated carbocycles. The third kappa shape index (κ3) is 4.08. The lowest BCUT2D eigenvalue weighted by atomic mass is 9.84. The average molecular weight is 425 g/mol. The maximum atomic E-state index is 13.3. The van der Waals surface area contributed by atoms with Gasteiger partial charge in [-0.3, -0.25) is 9.59 Å². The van der Waals surface area contributed by atoms with E-state index in [0.717, 1.165) is 12.2 Å². The van der Waals surface area contributed by atoms with Crippen molar-refractivity contribution >= 4 is 23.2 Å². The Bertz CT molecular complexity index is 952. The average Bonchev–Trinajstić information content (AvgIpc) is 3.15. The zero-order valence-corrected chi connectivity index (χ0v) is 18.0. The molecule has 0 aromatic heterocycles. The lowest BCUT2D eigenvalue weighted by Gasteiger charge is -2.37. The molecule has 3 atom stereocenters. The number of nitrogens with zero attached hydrogens (tertiary/aromatic N) is 2. The van der Waals surface area contributed by atoms with E-state index in [-0.39, 0.29) is 29.7 Å². The molecule has 0 aliphatic carbocycles. The minimum Gasteiger partial charge on any atom is -0.493 e. The lowest BCUT2D eigenvalue weighted by molar-refractivity contribution is -0.126. The molecule has 0 spiro atoms. The maximum Gasteiger partial charge on any atom is 0.247 e. The molecular formula is C23H28N4O4. The fourth-order valence-corrected chi connectivity index (χ4v) is 4.36. The number of ether oxygens (including phenoxy) is 2. The molecule has 0 bridgehead atoms. The van der Waals surface area contributed by atoms with Crippen LogP contribution in [0, 0.1) is 11.8 Å². The van der Waals surface area contributed by atoms with Crippen molar-refractivity contribution in [3.63, 3.8) is 0 Å². The van der Waals surface area contributed by atoms with Crippen molar-refractivity contribution in [1.82, 2.24) is 10.3 Å². The first-order chi connectivity index (χ1) is 15.0. The summed E-state index contributed by atoms with van der Waals surface area (Å²) in [5, 5.41) is 4.58. The molecule has 0 radical (unpaired) electrons. The number of fused-ring (bicyclic) bond motifs is 1. The van der Waals surface area contributed by atoms with Gasteiger partial charge in [-0.25, -0.2) is 10.4 Å². The summed E-state index contributed by atoms with van der Waals surface area (Å²) in [6, 6.07) is 14.5. The molecule has 2 saturated heterocycles. The molecule has 2 fully saturated rings. The van der Waals surface area contributed by atoms with Gasteiger partial charge in [0, 0.05) is 24.8 Å². The minimum absolute atomic E-state index is 0.00160. The number of piperidine rings is 1. The zero-order valence-electron chi connectivity index (χ0n) is 18.0. The van der Waals surface area contributed by atoms with Crippen molar-refractivity contribution in [3.8, 4) is 11.5 Å². The first-order valence-electron chi connectivity index (χ1n) is 10.5. The Hall–Kier alpha value is -3.10. The number of anilines is 2. The standard InChI is InChI=1S/C23H28N4O4/c1-4-26-13-17(22(28)24-15-10-11-19(30-2)20(12-15)31-3)21-18(14-26)23(29)27(25-21)16-8-6-5-7-9-16/h5-12,17-18,21,25H,4,13-14H2,1-3H3,(H,24,28). The van der Waals surface area contributed by atoms with Crippen LogP contribution in [0.4, 0.5) is 11.4 Å². The summed E-state index contributed by atoms with van der Waals surface area (Å²) >= 11 is 0. The van der Waals surface area contributed by atoms with Crippen LogP contribution in [-0.4, -0.2) is 56.6 Å². The van der Waals surface area contributed by atoms with Crippen molar-refractivity contribution in [2.24, 2.45) is 11.8 Å². The van der Waals surface area contributed by atoms with Crippen LogP contribution in [0.1, 0.15) is 6.92 Å². The molecule has 31 heavy (non-hydrogen) atoms. The SMILES string of the molecule is CCN1CC(C(=O)Nc2ccc(OC)c(OC)c2)C2NN(c3ccccc3)C(=O)C2C1. The highest BCUT2D eigenvalue weighted by molar-refractivity contribution is 6.00. The highest BCUT2D eigenvalue weighted by Gasteiger charge is 2.50. The van der Waals surface area contributed by atoms with E-state index in [0.29, 0.717) is 30.3 Å². The molecule has 2 aliphatic rings. The topological polar surface area (TPSA) is 83.1 Å². The number of hydrazine groups is 1. The number of nitrogens with one attached hydrogen (secondary N) is 2. The fourth-order valence-electron chi connectivity index (χ4n) is 4.36. The predicted octanol–water partition coefficient (Wildman–Crippen LogP) is 2.13. The van der Waals surface area contributed by atoms with E-state index in [9.17, 15) is 9.59 Å². The van der Waals surface area contributed by atoms with Crippen LogP contribution in [0.2, 0.25) is 0 Å². The van der Waals surface area contributed by atoms with Crippen LogP contribution >= 0.6 is 0 Å². The van der Waals surface area contributed by atoms with Gasteiger partial charge >= 0.3 is 0 Å². The number of benzene rings is 2. The second kappa shape index (κ2) is 8.95. The summed E-state index contributed by atoms with van der Waals surface area (Å²) in [6.07, 6.45) is 0. The first-order valence-corrected chi connectivity index (χ1v) is 10.5. The summed E-state index contributed by atoms with van der Waals surface area (Å²) in [6.45, 7) is 4.05. The number of rotatable bonds is 6. The number of carbonyl (C=O) groups excluding carboxylic acids is 2. The number of carbonyl (C=O) groups is 2. The molecule has 2 N–H and O–H groups in total. The van der Waals surface area contributed by atoms with Crippen molar-refractivity contribution in [2.45, 2.75) is 13.0 Å². The number of amides is 2. The molecule has 8 heteroatoms. The molecule has 2 aliphatic heterocycles. The van der Waals surface area contributed by atoms with Gasteiger partial charge in [-0.15, -0.1) is 0 Å². The quantitative estimate of drug-likeness (QED) is 0.739. The van der Waals surface area contributed by atoms with Gasteiger partial charge in [-0.1, -0.05) is 25.1 Å². The summed E-state index contributed by atoms with van der Waals surface area (Å²) in [4.78, 5) is 28.6. The predicted molar refractivity (Wildman–Crippen MR) is 118 cm³/mol. The minimum atomic E-state index is -0.385. The van der Waals surface area contributed by atoms with E-state index in [4.69, 9.17) is 9.47 Å². The number of para-hydroxylation sites is 1. The van der Waals surface area contributed by atoms with Crippen LogP contribution in [0.5, 0.6) is 11.5 Å². The molecule has 164 valence electrons. The van der Waals surface area contributed by atoms with Gasteiger partial charge in [0.15, 0.2) is 11.5 Å². The number of methoxy groups -OCH3 is 2. The summed E-state index contributed by atoms with van der Waals surface area (Å²) in [5.41, 5.74) is 4.72. The van der Waals surface area contributed by atoms with Crippen molar-refractivity contribution < 1.29 is 19.1 Å². The lowest BCUT2D eigenvalue weighted by Crippen LogP contribution is -2.55. The molecule has 3 unspecified atom stereocenters. The van der Waals surface area contributed by atoms with Gasteiger partial charge in [-0.2, -0.15) is 0 Å². The van der Waals surface area contributed by atoms with Crippen molar-refractivity contribution in [1.29, 1.82) is 0 Å². The molecule has 4 rings (SSSR count). The van der Waals surface area contributed by atoms with Crippen molar-refractivity contribution in [2.75, 3.05) is 44.2 Å². The van der Waals surface area contributed by atoms with Crippen LogP contribution < -0.4 is 25.2 Å². The highest BCUT2D eigenvalue weighted by Crippen LogP contribution is 2.33. The Morgan fingerprint density at radius 1 is 1.10 bits per heavy atom. The second-order valence-corrected chi connectivity index (χ2v) is 7.79. The van der Waals surface area contributed by atoms with Crippen LogP contribution in [0.25, 0.3) is 0 Å². The van der Waals surface area contributed by atoms with Crippen molar-refractivity contribution in [3.05, 3.63) is 48.5 Å². The first kappa shape index (κ1) is 21.1. The molecule has 8 nitrogen and oxygen atoms in total. The van der Waals surface area contributed by atoms with E-state index >= 15 is 0 Å². The Labute approximate surface area is 182 Å². The fraction of sp³-hybridized carbons (Fsp3) is 0.391. The van der Waals surface area contributed by atoms with Gasteiger partial charge in [-0.05, 0) is 30.8 Å². The van der Waals surface area contributed by atoms with E-state index in [1.165, 1.54) is 0 Å². The van der Waals surface area contributed by atoms with Crippen LogP contribution in [-0.2, 0) is 9.59 Å². The Balaban J connectivity index is 1.56. The molecular weight excluding hydrogens is 396 g/mol. The maximum absolute atomic E-state index is 13.3. The molecule has 2 amide bonds. The van der Waals surface area contributed by atoms with Gasteiger partial charge < -0.3 is 19.7 Å². The van der Waals surface area contributed by atoms with E-state index in [1.807, 2.05) is 37.3 Å². The number of hydrogen-bond donors (Lipinski definition) is 2. The monoisotopic (exact) mass is 424 g/mol. The molecule has 2 heterocycles. The van der Waals surface area contributed by atoms with E-state index in [1.54, 1.807) is 37.4 Å². The Kier molecular flexibility index (Phi) is 6.11. The van der Waals surface area contributed by atoms with Crippen LogP contribution in [0.15, 0.2) is 48.5 Å². The molecule has 2 aromatic rings. The summed E-state index contributed by atoms with van der Waals surface area (Å²) in [7, 11) is 3.12. The van der Waals surface area contributed by atoms with Gasteiger partial charge in [0.1, 0.15) is 0 Å². The smallest absolute Gasteiger partial charge is 0.247 e. The normalized spacial score (nSPS) is 23.4. The van der Waals surface area contributed by atoms with Gasteiger partial charge in [0.05, 0.1) is 37.8 Å². The highest BCUT2D eigenvalue weighted by atomic mass is 16.5. The third-order valence-electron chi connectivity index (χ3n) is 6.04. The number of hydrogen-bond acceptors (Lipinski definition) is 6. The second-order valence-electron chi connectivity index (χ2n) is 7.79. The zero-order chi connectivity index (χ0) is 22.0. The van der Waals surface area contributed by atoms with E-state index < -0.39 is 0 Å². The molecule has 2 aromatic carbocycles. The largest absolute Gasteiger partial charge is 0.493 e.